The number of hydrogen-bond acceptors (Lipinski definition) is 3. The minimum absolute atomic E-state index is 0.104. The lowest BCUT2D eigenvalue weighted by Crippen LogP contribution is -2.37. The fourth-order valence-corrected chi connectivity index (χ4v) is 5.88. The highest BCUT2D eigenvalue weighted by atomic mass is 14.5. The average Bonchev–Trinajstić information content (AvgIpc) is 3.25. The zero-order valence-corrected chi connectivity index (χ0v) is 20.2. The highest BCUT2D eigenvalue weighted by Gasteiger charge is 2.47. The molecule has 3 nitrogen and oxygen atoms in total. The summed E-state index contributed by atoms with van der Waals surface area (Å²) in [5.41, 5.74) is 28.9. The van der Waals surface area contributed by atoms with Gasteiger partial charge in [0.05, 0.1) is 5.41 Å². The van der Waals surface area contributed by atoms with Gasteiger partial charge in [-0.25, -0.2) is 0 Å². The Balaban J connectivity index is 1.94. The van der Waals surface area contributed by atoms with Crippen molar-refractivity contribution in [1.82, 2.24) is 0 Å². The van der Waals surface area contributed by atoms with Gasteiger partial charge >= 0.3 is 0 Å². The molecule has 0 spiro atoms. The van der Waals surface area contributed by atoms with Crippen LogP contribution in [0.15, 0.2) is 103 Å². The molecule has 0 fully saturated rings. The van der Waals surface area contributed by atoms with E-state index in [0.717, 1.165) is 16.7 Å². The zero-order valence-electron chi connectivity index (χ0n) is 20.2. The van der Waals surface area contributed by atoms with Gasteiger partial charge in [-0.15, -0.1) is 0 Å². The van der Waals surface area contributed by atoms with Gasteiger partial charge in [-0.1, -0.05) is 109 Å². The predicted molar refractivity (Wildman–Crippen MR) is 146 cm³/mol. The van der Waals surface area contributed by atoms with Crippen molar-refractivity contribution < 1.29 is 0 Å². The van der Waals surface area contributed by atoms with Gasteiger partial charge in [0.15, 0.2) is 0 Å². The molecule has 0 aliphatic heterocycles. The quantitative estimate of drug-likeness (QED) is 0.315. The molecule has 4 aromatic rings. The van der Waals surface area contributed by atoms with Gasteiger partial charge < -0.3 is 17.2 Å². The molecule has 0 heterocycles. The monoisotopic (exact) mass is 459 g/mol. The minimum atomic E-state index is -0.491. The zero-order chi connectivity index (χ0) is 24.4. The third-order valence-electron chi connectivity index (χ3n) is 7.43. The highest BCUT2D eigenvalue weighted by Crippen LogP contribution is 2.56. The second-order valence-corrected chi connectivity index (χ2v) is 9.47. The minimum Gasteiger partial charge on any atom is -0.326 e. The Morgan fingerprint density at radius 2 is 1.06 bits per heavy atom. The summed E-state index contributed by atoms with van der Waals surface area (Å²) in [5, 5.41) is 0. The van der Waals surface area contributed by atoms with E-state index >= 15 is 0 Å². The second kappa shape index (κ2) is 9.63. The largest absolute Gasteiger partial charge is 0.326 e. The van der Waals surface area contributed by atoms with E-state index in [1.807, 2.05) is 0 Å². The van der Waals surface area contributed by atoms with Crippen molar-refractivity contribution >= 4 is 6.08 Å². The summed E-state index contributed by atoms with van der Waals surface area (Å²) >= 11 is 0. The first-order chi connectivity index (χ1) is 17.1. The molecule has 0 amide bonds. The molecule has 1 atom stereocenters. The van der Waals surface area contributed by atoms with Crippen LogP contribution in [0.1, 0.15) is 57.3 Å². The molecule has 4 aromatic carbocycles. The van der Waals surface area contributed by atoms with Gasteiger partial charge in [-0.05, 0) is 51.4 Å². The molecule has 1 aliphatic carbocycles. The van der Waals surface area contributed by atoms with Crippen molar-refractivity contribution in [2.45, 2.75) is 37.9 Å². The molecular weight excluding hydrogens is 426 g/mol. The van der Waals surface area contributed by atoms with Gasteiger partial charge in [0, 0.05) is 25.6 Å². The number of hydrogen-bond donors (Lipinski definition) is 3. The van der Waals surface area contributed by atoms with Gasteiger partial charge in [0.2, 0.25) is 0 Å². The van der Waals surface area contributed by atoms with E-state index in [1.54, 1.807) is 0 Å². The van der Waals surface area contributed by atoms with E-state index in [1.165, 1.54) is 33.4 Å². The van der Waals surface area contributed by atoms with E-state index < -0.39 is 5.41 Å². The maximum Gasteiger partial charge on any atom is 0.0557 e. The summed E-state index contributed by atoms with van der Waals surface area (Å²) in [4.78, 5) is 0. The van der Waals surface area contributed by atoms with Crippen molar-refractivity contribution in [3.05, 3.63) is 147 Å². The maximum absolute atomic E-state index is 6.14. The first-order valence-corrected chi connectivity index (χ1v) is 12.3. The van der Waals surface area contributed by atoms with Crippen LogP contribution in [0.4, 0.5) is 0 Å². The molecule has 176 valence electrons. The van der Waals surface area contributed by atoms with Crippen LogP contribution in [0.5, 0.6) is 0 Å². The van der Waals surface area contributed by atoms with Crippen LogP contribution in [-0.4, -0.2) is 0 Å². The molecule has 0 bridgehead atoms. The van der Waals surface area contributed by atoms with Crippen LogP contribution in [0.25, 0.3) is 6.08 Å². The molecule has 6 N–H and O–H groups in total. The van der Waals surface area contributed by atoms with Crippen molar-refractivity contribution in [2.75, 3.05) is 0 Å². The molecule has 35 heavy (non-hydrogen) atoms. The number of allylic oxidation sites excluding steroid dienone is 1. The average molecular weight is 460 g/mol. The SMILES string of the molecule is CC1=Cc2ccccc2C1C(c1cccc(CN)c1)(c1cccc(CN)c1)c1cccc(CN)c1. The Morgan fingerprint density at radius 3 is 1.51 bits per heavy atom. The molecule has 0 aromatic heterocycles. The molecule has 3 heteroatoms. The third kappa shape index (κ3) is 3.92. The third-order valence-corrected chi connectivity index (χ3v) is 7.43. The van der Waals surface area contributed by atoms with Gasteiger partial charge in [0.1, 0.15) is 0 Å². The summed E-state index contributed by atoms with van der Waals surface area (Å²) in [7, 11) is 0. The van der Waals surface area contributed by atoms with Gasteiger partial charge in [-0.2, -0.15) is 0 Å². The summed E-state index contributed by atoms with van der Waals surface area (Å²) in [6, 6.07) is 35.0. The van der Waals surface area contributed by atoms with Crippen LogP contribution in [0, 0.1) is 0 Å². The lowest BCUT2D eigenvalue weighted by Gasteiger charge is -2.43. The second-order valence-electron chi connectivity index (χ2n) is 9.47. The van der Waals surface area contributed by atoms with Crippen LogP contribution in [0.3, 0.4) is 0 Å². The first-order valence-electron chi connectivity index (χ1n) is 12.3. The normalized spacial score (nSPS) is 15.1. The van der Waals surface area contributed by atoms with E-state index in [0.29, 0.717) is 19.6 Å². The first kappa shape index (κ1) is 23.3. The lowest BCUT2D eigenvalue weighted by molar-refractivity contribution is 0.535. The van der Waals surface area contributed by atoms with Crippen LogP contribution in [-0.2, 0) is 25.0 Å². The van der Waals surface area contributed by atoms with E-state index in [2.05, 4.69) is 110 Å². The summed E-state index contributed by atoms with van der Waals surface area (Å²) in [5.74, 6) is 0.104. The Morgan fingerprint density at radius 1 is 0.600 bits per heavy atom. The maximum atomic E-state index is 6.14. The Bertz CT molecular complexity index is 1270. The highest BCUT2D eigenvalue weighted by molar-refractivity contribution is 5.71. The molecule has 0 saturated heterocycles. The smallest absolute Gasteiger partial charge is 0.0557 e. The van der Waals surface area contributed by atoms with Crippen molar-refractivity contribution in [3.8, 4) is 0 Å². The molecule has 0 saturated carbocycles. The summed E-state index contributed by atoms with van der Waals surface area (Å²) in [6.45, 7) is 3.73. The standard InChI is InChI=1S/C32H33N3/c1-22-15-26-10-2-3-14-30(26)31(22)32(27-11-4-7-23(16-27)19-33,28-12-5-8-24(17-28)20-34)29-13-6-9-25(18-29)21-35/h2-18,31H,19-21,33-35H2,1H3. The molecule has 1 aliphatic rings. The molecular formula is C32H33N3. The fourth-order valence-electron chi connectivity index (χ4n) is 5.88. The Labute approximate surface area is 208 Å². The molecule has 0 radical (unpaired) electrons. The molecule has 1 unspecified atom stereocenters. The van der Waals surface area contributed by atoms with Gasteiger partial charge in [0.25, 0.3) is 0 Å². The number of fused-ring (bicyclic) bond motifs is 1. The van der Waals surface area contributed by atoms with Crippen LogP contribution in [0.2, 0.25) is 0 Å². The van der Waals surface area contributed by atoms with Crippen LogP contribution >= 0.6 is 0 Å². The summed E-state index contributed by atoms with van der Waals surface area (Å²) in [6.07, 6.45) is 2.33. The number of benzene rings is 4. The van der Waals surface area contributed by atoms with Crippen molar-refractivity contribution in [2.24, 2.45) is 17.2 Å². The fraction of sp³-hybridized carbons (Fsp3) is 0.188. The van der Waals surface area contributed by atoms with Crippen molar-refractivity contribution in [1.29, 1.82) is 0 Å². The van der Waals surface area contributed by atoms with E-state index in [9.17, 15) is 0 Å². The lowest BCUT2D eigenvalue weighted by atomic mass is 9.58. The topological polar surface area (TPSA) is 78.1 Å². The Kier molecular flexibility index (Phi) is 6.40. The van der Waals surface area contributed by atoms with Gasteiger partial charge in [-0.3, -0.25) is 0 Å². The molecule has 5 rings (SSSR count). The number of nitrogens with two attached hydrogens (primary N) is 3. The van der Waals surface area contributed by atoms with E-state index in [-0.39, 0.29) is 5.92 Å². The van der Waals surface area contributed by atoms with E-state index in [4.69, 9.17) is 17.2 Å². The number of rotatable bonds is 7. The van der Waals surface area contributed by atoms with Crippen molar-refractivity contribution in [3.63, 3.8) is 0 Å². The summed E-state index contributed by atoms with van der Waals surface area (Å²) < 4.78 is 0. The predicted octanol–water partition coefficient (Wildman–Crippen LogP) is 5.60. The van der Waals surface area contributed by atoms with Crippen LogP contribution < -0.4 is 17.2 Å². The Hall–Kier alpha value is -3.50.